The molecule has 0 atom stereocenters. The topological polar surface area (TPSA) is 38.9 Å². The van der Waals surface area contributed by atoms with Crippen molar-refractivity contribution in [3.63, 3.8) is 0 Å². The van der Waals surface area contributed by atoms with Crippen LogP contribution in [0.5, 0.6) is 0 Å². The third-order valence-corrected chi connectivity index (χ3v) is 5.06. The molecule has 5 heteroatoms. The van der Waals surface area contributed by atoms with Gasteiger partial charge in [0.2, 0.25) is 0 Å². The van der Waals surface area contributed by atoms with E-state index < -0.39 is 8.07 Å². The quantitative estimate of drug-likeness (QED) is 0.800. The molecule has 16 heavy (non-hydrogen) atoms. The second-order valence-corrected chi connectivity index (χ2v) is 10.4. The first-order chi connectivity index (χ1) is 7.50. The Kier molecular flexibility index (Phi) is 2.99. The first-order valence-electron chi connectivity index (χ1n) is 5.06. The summed E-state index contributed by atoms with van der Waals surface area (Å²) >= 11 is 3.57. The van der Waals surface area contributed by atoms with Crippen molar-refractivity contribution in [1.82, 2.24) is 10.1 Å². The fourth-order valence-corrected chi connectivity index (χ4v) is 4.68. The maximum atomic E-state index is 5.45. The Labute approximate surface area is 104 Å². The van der Waals surface area contributed by atoms with Crippen LogP contribution in [0.25, 0.3) is 11.3 Å². The normalized spacial score (nSPS) is 11.8. The standard InChI is InChI=1S/C11H13BrN2OSi/c1-16(2,3)11-9(12)10(14-15-11)8-5-4-6-13-7-8/h4-7H,1-3H3. The van der Waals surface area contributed by atoms with Gasteiger partial charge in [-0.2, -0.15) is 0 Å². The lowest BCUT2D eigenvalue weighted by atomic mass is 10.2. The summed E-state index contributed by atoms with van der Waals surface area (Å²) in [4.78, 5) is 4.08. The van der Waals surface area contributed by atoms with Gasteiger partial charge >= 0.3 is 0 Å². The molecule has 0 amide bonds. The summed E-state index contributed by atoms with van der Waals surface area (Å²) in [5.74, 6) is 0. The zero-order valence-electron chi connectivity index (χ0n) is 9.49. The van der Waals surface area contributed by atoms with E-state index in [0.29, 0.717) is 0 Å². The zero-order chi connectivity index (χ0) is 11.8. The van der Waals surface area contributed by atoms with Gasteiger partial charge in [0.25, 0.3) is 0 Å². The molecule has 0 fully saturated rings. The summed E-state index contributed by atoms with van der Waals surface area (Å²) in [7, 11) is -1.49. The smallest absolute Gasteiger partial charge is 0.129 e. The van der Waals surface area contributed by atoms with E-state index in [2.05, 4.69) is 45.7 Å². The van der Waals surface area contributed by atoms with Crippen LogP contribution in [0, 0.1) is 0 Å². The molecule has 0 N–H and O–H groups in total. The van der Waals surface area contributed by atoms with E-state index in [-0.39, 0.29) is 0 Å². The number of rotatable bonds is 2. The molecule has 2 rings (SSSR count). The highest BCUT2D eigenvalue weighted by atomic mass is 79.9. The molecule has 2 heterocycles. The first kappa shape index (κ1) is 11.5. The van der Waals surface area contributed by atoms with Gasteiger partial charge in [-0.1, -0.05) is 24.8 Å². The number of halogens is 1. The summed E-state index contributed by atoms with van der Waals surface area (Å²) in [5.41, 5.74) is 1.81. The van der Waals surface area contributed by atoms with Crippen molar-refractivity contribution in [1.29, 1.82) is 0 Å². The van der Waals surface area contributed by atoms with Crippen LogP contribution >= 0.6 is 15.9 Å². The Hall–Kier alpha value is -0.943. The summed E-state index contributed by atoms with van der Waals surface area (Å²) in [6, 6.07) is 3.87. The lowest BCUT2D eigenvalue weighted by Gasteiger charge is -2.10. The Bertz CT molecular complexity index is 490. The van der Waals surface area contributed by atoms with Crippen molar-refractivity contribution in [2.24, 2.45) is 0 Å². The number of hydrogen-bond acceptors (Lipinski definition) is 3. The van der Waals surface area contributed by atoms with Gasteiger partial charge in [0.05, 0.1) is 4.47 Å². The lowest BCUT2D eigenvalue weighted by Crippen LogP contribution is -2.37. The minimum atomic E-state index is -1.49. The molecule has 0 aromatic carbocycles. The van der Waals surface area contributed by atoms with Crippen molar-refractivity contribution in [2.45, 2.75) is 19.6 Å². The lowest BCUT2D eigenvalue weighted by molar-refractivity contribution is 0.446. The first-order valence-corrected chi connectivity index (χ1v) is 9.35. The van der Waals surface area contributed by atoms with Crippen molar-refractivity contribution in [3.05, 3.63) is 29.0 Å². The van der Waals surface area contributed by atoms with Crippen LogP contribution in [0.4, 0.5) is 0 Å². The van der Waals surface area contributed by atoms with E-state index >= 15 is 0 Å². The molecule has 0 saturated carbocycles. The summed E-state index contributed by atoms with van der Waals surface area (Å²) < 4.78 is 6.42. The molecule has 3 nitrogen and oxygen atoms in total. The molecular weight excluding hydrogens is 284 g/mol. The Balaban J connectivity index is 2.50. The number of pyridine rings is 1. The fourth-order valence-electron chi connectivity index (χ4n) is 1.43. The number of nitrogens with zero attached hydrogens (tertiary/aromatic N) is 2. The maximum Gasteiger partial charge on any atom is 0.129 e. The fraction of sp³-hybridized carbons (Fsp3) is 0.273. The molecule has 0 spiro atoms. The number of hydrogen-bond donors (Lipinski definition) is 0. The van der Waals surface area contributed by atoms with Crippen LogP contribution in [-0.4, -0.2) is 18.2 Å². The molecular formula is C11H13BrN2OSi. The third-order valence-electron chi connectivity index (χ3n) is 2.25. The molecule has 2 aromatic heterocycles. The van der Waals surface area contributed by atoms with Crippen LogP contribution in [0.1, 0.15) is 0 Å². The van der Waals surface area contributed by atoms with E-state index in [1.54, 1.807) is 12.4 Å². The van der Waals surface area contributed by atoms with Gasteiger partial charge in [-0.05, 0) is 28.1 Å². The second kappa shape index (κ2) is 4.14. The van der Waals surface area contributed by atoms with E-state index in [4.69, 9.17) is 4.52 Å². The van der Waals surface area contributed by atoms with E-state index in [1.807, 2.05) is 12.1 Å². The Morgan fingerprint density at radius 1 is 1.31 bits per heavy atom. The van der Waals surface area contributed by atoms with Gasteiger partial charge < -0.3 is 4.52 Å². The van der Waals surface area contributed by atoms with Crippen LogP contribution in [0.15, 0.2) is 33.5 Å². The van der Waals surface area contributed by atoms with E-state index in [0.717, 1.165) is 21.1 Å². The van der Waals surface area contributed by atoms with Gasteiger partial charge in [-0.15, -0.1) is 0 Å². The van der Waals surface area contributed by atoms with Gasteiger partial charge in [-0.25, -0.2) is 0 Å². The maximum absolute atomic E-state index is 5.45. The SMILES string of the molecule is C[Si](C)(C)c1onc(-c2cccnc2)c1Br. The second-order valence-electron chi connectivity index (χ2n) is 4.67. The average Bonchev–Trinajstić information content (AvgIpc) is 2.61. The highest BCUT2D eigenvalue weighted by Gasteiger charge is 2.27. The van der Waals surface area contributed by atoms with Gasteiger partial charge in [0.15, 0.2) is 0 Å². The van der Waals surface area contributed by atoms with Crippen molar-refractivity contribution in [3.8, 4) is 11.3 Å². The van der Waals surface area contributed by atoms with Crippen LogP contribution < -0.4 is 5.38 Å². The molecule has 84 valence electrons. The van der Waals surface area contributed by atoms with Crippen molar-refractivity contribution in [2.75, 3.05) is 0 Å². The molecule has 0 unspecified atom stereocenters. The predicted molar refractivity (Wildman–Crippen MR) is 70.4 cm³/mol. The molecule has 2 aromatic rings. The van der Waals surface area contributed by atoms with Crippen LogP contribution in [-0.2, 0) is 0 Å². The van der Waals surface area contributed by atoms with Crippen molar-refractivity contribution >= 4 is 29.4 Å². The molecule has 0 radical (unpaired) electrons. The number of aromatic nitrogens is 2. The van der Waals surface area contributed by atoms with Crippen molar-refractivity contribution < 1.29 is 4.52 Å². The summed E-state index contributed by atoms with van der Waals surface area (Å²) in [5, 5.41) is 5.12. The predicted octanol–water partition coefficient (Wildman–Crippen LogP) is 3.04. The van der Waals surface area contributed by atoms with Gasteiger partial charge in [0, 0.05) is 18.0 Å². The minimum Gasteiger partial charge on any atom is -0.365 e. The molecule has 0 aliphatic carbocycles. The summed E-state index contributed by atoms with van der Waals surface area (Å²) in [6.45, 7) is 6.68. The monoisotopic (exact) mass is 296 g/mol. The molecule has 0 aliphatic rings. The molecule has 0 aliphatic heterocycles. The zero-order valence-corrected chi connectivity index (χ0v) is 12.1. The van der Waals surface area contributed by atoms with E-state index in [1.165, 1.54) is 0 Å². The minimum absolute atomic E-state index is 0.838. The van der Waals surface area contributed by atoms with Gasteiger partial charge in [0.1, 0.15) is 19.2 Å². The molecule has 0 saturated heterocycles. The highest BCUT2D eigenvalue weighted by molar-refractivity contribution is 9.10. The summed E-state index contributed by atoms with van der Waals surface area (Å²) in [6.07, 6.45) is 3.54. The van der Waals surface area contributed by atoms with E-state index in [9.17, 15) is 0 Å². The largest absolute Gasteiger partial charge is 0.365 e. The highest BCUT2D eigenvalue weighted by Crippen LogP contribution is 2.26. The average molecular weight is 297 g/mol. The Morgan fingerprint density at radius 2 is 2.06 bits per heavy atom. The Morgan fingerprint density at radius 3 is 2.56 bits per heavy atom. The van der Waals surface area contributed by atoms with Gasteiger partial charge in [-0.3, -0.25) is 4.98 Å². The van der Waals surface area contributed by atoms with Crippen LogP contribution in [0.3, 0.4) is 0 Å². The molecule has 0 bridgehead atoms. The third kappa shape index (κ3) is 2.10. The van der Waals surface area contributed by atoms with Crippen LogP contribution in [0.2, 0.25) is 19.6 Å².